The summed E-state index contributed by atoms with van der Waals surface area (Å²) in [4.78, 5) is 28.9. The van der Waals surface area contributed by atoms with Gasteiger partial charge in [-0.2, -0.15) is 0 Å². The predicted molar refractivity (Wildman–Crippen MR) is 142 cm³/mol. The zero-order chi connectivity index (χ0) is 24.7. The van der Waals surface area contributed by atoms with Gasteiger partial charge in [0.05, 0.1) is 6.42 Å². The first-order valence-corrected chi connectivity index (χ1v) is 12.4. The molecule has 0 bridgehead atoms. The quantitative estimate of drug-likeness (QED) is 0.369. The number of rotatable bonds is 8. The van der Waals surface area contributed by atoms with E-state index in [0.29, 0.717) is 18.0 Å². The highest BCUT2D eigenvalue weighted by Crippen LogP contribution is 2.20. The number of carbonyl (C=O) groups is 2. The lowest BCUT2D eigenvalue weighted by atomic mass is 10.00. The molecule has 1 atom stereocenters. The van der Waals surface area contributed by atoms with E-state index in [-0.39, 0.29) is 18.2 Å². The maximum Gasteiger partial charge on any atom is 0.243 e. The normalized spacial score (nSPS) is 12.1. The molecule has 3 aromatic carbocycles. The fraction of sp³-hybridized carbons (Fsp3) is 0.286. The van der Waals surface area contributed by atoms with E-state index in [2.05, 4.69) is 21.2 Å². The molecule has 0 spiro atoms. The molecule has 0 heterocycles. The monoisotopic (exact) mass is 540 g/mol. The fourth-order valence-corrected chi connectivity index (χ4v) is 4.42. The van der Waals surface area contributed by atoms with Gasteiger partial charge in [0.25, 0.3) is 0 Å². The summed E-state index contributed by atoms with van der Waals surface area (Å²) < 4.78 is 0.922. The molecule has 0 aliphatic rings. The Labute approximate surface area is 215 Å². The topological polar surface area (TPSA) is 49.4 Å². The highest BCUT2D eigenvalue weighted by molar-refractivity contribution is 9.10. The SMILES string of the molecule is CC(C)(C)NC(=O)[C@H](Cc1ccccc1)N(Cc1cccc(Br)c1)C(=O)Cc1cccc(Cl)c1. The standard InChI is InChI=1S/C28H30BrClN2O2/c1-28(2,3)31-27(34)25(17-20-9-5-4-6-10-20)32(19-22-12-7-13-23(29)15-22)26(33)18-21-11-8-14-24(30)16-21/h4-16,25H,17-19H2,1-3H3,(H,31,34)/t25-/m0/s1. The van der Waals surface area contributed by atoms with Crippen LogP contribution in [-0.2, 0) is 29.0 Å². The number of halogens is 2. The van der Waals surface area contributed by atoms with Crippen LogP contribution in [0, 0.1) is 0 Å². The van der Waals surface area contributed by atoms with Crippen molar-refractivity contribution in [1.29, 1.82) is 0 Å². The van der Waals surface area contributed by atoms with E-state index in [4.69, 9.17) is 11.6 Å². The van der Waals surface area contributed by atoms with Gasteiger partial charge in [0.1, 0.15) is 6.04 Å². The second-order valence-electron chi connectivity index (χ2n) is 9.40. The van der Waals surface area contributed by atoms with Crippen molar-refractivity contribution in [1.82, 2.24) is 10.2 Å². The van der Waals surface area contributed by atoms with Gasteiger partial charge in [-0.1, -0.05) is 82.1 Å². The molecule has 4 nitrogen and oxygen atoms in total. The number of hydrogen-bond donors (Lipinski definition) is 1. The summed E-state index contributed by atoms with van der Waals surface area (Å²) in [6.07, 6.45) is 0.570. The Kier molecular flexibility index (Phi) is 8.92. The zero-order valence-electron chi connectivity index (χ0n) is 19.7. The maximum absolute atomic E-state index is 13.7. The van der Waals surface area contributed by atoms with Crippen molar-refractivity contribution in [3.05, 3.63) is 105 Å². The van der Waals surface area contributed by atoms with Crippen molar-refractivity contribution in [3.63, 3.8) is 0 Å². The molecule has 0 saturated heterocycles. The van der Waals surface area contributed by atoms with E-state index in [1.807, 2.05) is 87.5 Å². The number of nitrogens with one attached hydrogen (secondary N) is 1. The van der Waals surface area contributed by atoms with E-state index in [9.17, 15) is 9.59 Å². The zero-order valence-corrected chi connectivity index (χ0v) is 22.1. The molecule has 6 heteroatoms. The Morgan fingerprint density at radius 1 is 0.912 bits per heavy atom. The lowest BCUT2D eigenvalue weighted by Crippen LogP contribution is -2.54. The summed E-state index contributed by atoms with van der Waals surface area (Å²) in [6, 6.07) is 24.2. The molecule has 0 unspecified atom stereocenters. The Morgan fingerprint density at radius 3 is 2.21 bits per heavy atom. The average Bonchev–Trinajstić information content (AvgIpc) is 2.75. The van der Waals surface area contributed by atoms with Crippen molar-refractivity contribution in [2.75, 3.05) is 0 Å². The van der Waals surface area contributed by atoms with Crippen LogP contribution in [-0.4, -0.2) is 28.3 Å². The molecular weight excluding hydrogens is 512 g/mol. The Balaban J connectivity index is 1.99. The molecule has 0 radical (unpaired) electrons. The third-order valence-electron chi connectivity index (χ3n) is 5.26. The van der Waals surface area contributed by atoms with Crippen LogP contribution in [0.5, 0.6) is 0 Å². The third-order valence-corrected chi connectivity index (χ3v) is 5.98. The van der Waals surface area contributed by atoms with Gasteiger partial charge in [0, 0.05) is 28.0 Å². The lowest BCUT2D eigenvalue weighted by molar-refractivity contribution is -0.141. The van der Waals surface area contributed by atoms with Crippen LogP contribution >= 0.6 is 27.5 Å². The van der Waals surface area contributed by atoms with Gasteiger partial charge in [-0.3, -0.25) is 9.59 Å². The van der Waals surface area contributed by atoms with Crippen molar-refractivity contribution in [3.8, 4) is 0 Å². The van der Waals surface area contributed by atoms with Crippen LogP contribution < -0.4 is 5.32 Å². The summed E-state index contributed by atoms with van der Waals surface area (Å²) in [5.74, 6) is -0.307. The lowest BCUT2D eigenvalue weighted by Gasteiger charge is -2.34. The molecule has 0 saturated carbocycles. The van der Waals surface area contributed by atoms with Crippen LogP contribution in [0.15, 0.2) is 83.3 Å². The summed E-state index contributed by atoms with van der Waals surface area (Å²) in [5.41, 5.74) is 2.32. The smallest absolute Gasteiger partial charge is 0.243 e. The Bertz CT molecular complexity index is 1130. The third kappa shape index (κ3) is 8.00. The van der Waals surface area contributed by atoms with Crippen LogP contribution in [0.25, 0.3) is 0 Å². The van der Waals surface area contributed by atoms with Gasteiger partial charge in [-0.05, 0) is 61.7 Å². The molecule has 34 heavy (non-hydrogen) atoms. The first-order chi connectivity index (χ1) is 16.1. The number of hydrogen-bond acceptors (Lipinski definition) is 2. The van der Waals surface area contributed by atoms with E-state index in [1.54, 1.807) is 17.0 Å². The molecule has 178 valence electrons. The van der Waals surface area contributed by atoms with Crippen LogP contribution in [0.1, 0.15) is 37.5 Å². The maximum atomic E-state index is 13.7. The minimum Gasteiger partial charge on any atom is -0.350 e. The van der Waals surface area contributed by atoms with Crippen LogP contribution in [0.2, 0.25) is 5.02 Å². The van der Waals surface area contributed by atoms with Crippen LogP contribution in [0.4, 0.5) is 0 Å². The molecule has 3 rings (SSSR count). The van der Waals surface area contributed by atoms with Gasteiger partial charge < -0.3 is 10.2 Å². The first-order valence-electron chi connectivity index (χ1n) is 11.2. The fourth-order valence-electron chi connectivity index (χ4n) is 3.76. The average molecular weight is 542 g/mol. The van der Waals surface area contributed by atoms with E-state index in [1.165, 1.54) is 0 Å². The van der Waals surface area contributed by atoms with Crippen molar-refractivity contribution in [2.24, 2.45) is 0 Å². The summed E-state index contributed by atoms with van der Waals surface area (Å²) >= 11 is 9.67. The van der Waals surface area contributed by atoms with Crippen LogP contribution in [0.3, 0.4) is 0 Å². The number of carbonyl (C=O) groups excluding carboxylic acids is 2. The van der Waals surface area contributed by atoms with Crippen molar-refractivity contribution < 1.29 is 9.59 Å². The van der Waals surface area contributed by atoms with Crippen molar-refractivity contribution in [2.45, 2.75) is 51.7 Å². The van der Waals surface area contributed by atoms with Crippen molar-refractivity contribution >= 4 is 39.3 Å². The molecule has 0 aliphatic heterocycles. The van der Waals surface area contributed by atoms with Gasteiger partial charge >= 0.3 is 0 Å². The van der Waals surface area contributed by atoms with E-state index < -0.39 is 11.6 Å². The molecule has 2 amide bonds. The minimum absolute atomic E-state index is 0.132. The molecule has 1 N–H and O–H groups in total. The Hall–Kier alpha value is -2.63. The van der Waals surface area contributed by atoms with Gasteiger partial charge in [0.15, 0.2) is 0 Å². The number of nitrogens with zero attached hydrogens (tertiary/aromatic N) is 1. The summed E-state index contributed by atoms with van der Waals surface area (Å²) in [7, 11) is 0. The Morgan fingerprint density at radius 2 is 1.56 bits per heavy atom. The second-order valence-corrected chi connectivity index (χ2v) is 10.8. The second kappa shape index (κ2) is 11.7. The van der Waals surface area contributed by atoms with Gasteiger partial charge in [-0.25, -0.2) is 0 Å². The summed E-state index contributed by atoms with van der Waals surface area (Å²) in [5, 5.41) is 3.66. The summed E-state index contributed by atoms with van der Waals surface area (Å²) in [6.45, 7) is 6.14. The minimum atomic E-state index is -0.674. The number of benzene rings is 3. The van der Waals surface area contributed by atoms with Gasteiger partial charge in [-0.15, -0.1) is 0 Å². The molecule has 0 fully saturated rings. The highest BCUT2D eigenvalue weighted by Gasteiger charge is 2.32. The van der Waals surface area contributed by atoms with Gasteiger partial charge in [0.2, 0.25) is 11.8 Å². The highest BCUT2D eigenvalue weighted by atomic mass is 79.9. The molecule has 0 aliphatic carbocycles. The molecule has 0 aromatic heterocycles. The molecular formula is C28H30BrClN2O2. The van der Waals surface area contributed by atoms with E-state index >= 15 is 0 Å². The first kappa shape index (κ1) is 26.0. The van der Waals surface area contributed by atoms with E-state index in [0.717, 1.165) is 21.2 Å². The largest absolute Gasteiger partial charge is 0.350 e. The predicted octanol–water partition coefficient (Wildman–Crippen LogP) is 6.20. The molecule has 3 aromatic rings. The number of amides is 2.